The van der Waals surface area contributed by atoms with E-state index in [4.69, 9.17) is 23.2 Å². The van der Waals surface area contributed by atoms with Gasteiger partial charge in [0.15, 0.2) is 0 Å². The molecule has 5 N–H and O–H groups in total. The number of rotatable bonds is 11. The number of halogens is 3. The zero-order valence-electron chi connectivity index (χ0n) is 25.6. The highest BCUT2D eigenvalue weighted by Crippen LogP contribution is 2.52. The molecular formula is C32H45Cl2FN4O3. The minimum atomic E-state index is -1.36. The van der Waals surface area contributed by atoms with Crippen molar-refractivity contribution >= 4 is 41.1 Å². The summed E-state index contributed by atoms with van der Waals surface area (Å²) in [6.45, 7) is 12.8. The maximum atomic E-state index is 15.1. The second-order valence-electron chi connectivity index (χ2n) is 13.5. The van der Waals surface area contributed by atoms with Gasteiger partial charge in [-0.3, -0.25) is 4.79 Å². The molecule has 2 aromatic carbocycles. The quantitative estimate of drug-likeness (QED) is 0.214. The van der Waals surface area contributed by atoms with Gasteiger partial charge in [-0.15, -0.1) is 0 Å². The Morgan fingerprint density at radius 3 is 2.43 bits per heavy atom. The summed E-state index contributed by atoms with van der Waals surface area (Å²) in [6.07, 6.45) is 1.06. The van der Waals surface area contributed by atoms with Gasteiger partial charge in [-0.25, -0.2) is 4.39 Å². The molecule has 1 amide bonds. The maximum absolute atomic E-state index is 15.1. The number of carbonyl (C=O) groups is 2. The first kappa shape index (κ1) is 34.3. The molecule has 1 aliphatic heterocycles. The van der Waals surface area contributed by atoms with E-state index in [1.807, 2.05) is 26.8 Å². The number of nitrogens with one attached hydrogen (secondary N) is 4. The summed E-state index contributed by atoms with van der Waals surface area (Å²) in [6, 6.07) is 8.48. The summed E-state index contributed by atoms with van der Waals surface area (Å²) in [5.74, 6) is -1.71. The standard InChI is InChI=1S/C32H45Cl2FN4O3/c1-30(2,3)16-26-32(18-40,22-14-24(35)23(34)15-25(22)36-7)27(19-9-8-10-20(33)13-19)28(39-26)29(42)37-12-11-21(41)17-38-31(4,5)6/h8-10,13-15,18,21,26-28,36,38-39,41H,11-12,16-17H2,1-7H3,(H,37,42). The van der Waals surface area contributed by atoms with Crippen LogP contribution in [0.1, 0.15) is 71.4 Å². The summed E-state index contributed by atoms with van der Waals surface area (Å²) < 4.78 is 15.1. The first-order valence-electron chi connectivity index (χ1n) is 14.4. The Morgan fingerprint density at radius 2 is 1.86 bits per heavy atom. The van der Waals surface area contributed by atoms with Gasteiger partial charge < -0.3 is 31.2 Å². The summed E-state index contributed by atoms with van der Waals surface area (Å²) in [5, 5.41) is 23.6. The highest BCUT2D eigenvalue weighted by molar-refractivity contribution is 6.31. The topological polar surface area (TPSA) is 102 Å². The fraction of sp³-hybridized carbons (Fsp3) is 0.562. The van der Waals surface area contributed by atoms with Gasteiger partial charge in [0.1, 0.15) is 12.1 Å². The molecule has 10 heteroatoms. The summed E-state index contributed by atoms with van der Waals surface area (Å²) in [4.78, 5) is 27.5. The van der Waals surface area contributed by atoms with Crippen molar-refractivity contribution in [3.63, 3.8) is 0 Å². The van der Waals surface area contributed by atoms with Gasteiger partial charge in [-0.1, -0.05) is 56.1 Å². The van der Waals surface area contributed by atoms with E-state index in [0.717, 1.165) is 6.29 Å². The molecule has 1 saturated heterocycles. The first-order chi connectivity index (χ1) is 19.5. The van der Waals surface area contributed by atoms with Gasteiger partial charge in [-0.2, -0.15) is 0 Å². The van der Waals surface area contributed by atoms with Crippen molar-refractivity contribution in [2.24, 2.45) is 5.41 Å². The van der Waals surface area contributed by atoms with Gasteiger partial charge in [0.25, 0.3) is 0 Å². The van der Waals surface area contributed by atoms with Crippen molar-refractivity contribution in [3.05, 3.63) is 63.4 Å². The third kappa shape index (κ3) is 8.03. The van der Waals surface area contributed by atoms with Crippen LogP contribution in [-0.2, 0) is 15.0 Å². The number of aliphatic hydroxyl groups is 1. The molecule has 0 bridgehead atoms. The van der Waals surface area contributed by atoms with Crippen LogP contribution in [0.5, 0.6) is 0 Å². The number of aliphatic hydroxyl groups excluding tert-OH is 1. The predicted molar refractivity (Wildman–Crippen MR) is 169 cm³/mol. The zero-order valence-corrected chi connectivity index (χ0v) is 27.1. The molecule has 2 aromatic rings. The average Bonchev–Trinajstić information content (AvgIpc) is 3.21. The lowest BCUT2D eigenvalue weighted by Gasteiger charge is -2.39. The van der Waals surface area contributed by atoms with Crippen LogP contribution in [0.2, 0.25) is 10.0 Å². The van der Waals surface area contributed by atoms with Crippen LogP contribution in [-0.4, -0.2) is 61.2 Å². The Bertz CT molecular complexity index is 1260. The van der Waals surface area contributed by atoms with Crippen molar-refractivity contribution in [2.45, 2.75) is 89.4 Å². The summed E-state index contributed by atoms with van der Waals surface area (Å²) >= 11 is 12.6. The monoisotopic (exact) mass is 622 g/mol. The van der Waals surface area contributed by atoms with E-state index in [0.29, 0.717) is 41.2 Å². The van der Waals surface area contributed by atoms with Gasteiger partial charge >= 0.3 is 0 Å². The van der Waals surface area contributed by atoms with Crippen LogP contribution >= 0.6 is 23.2 Å². The lowest BCUT2D eigenvalue weighted by Crippen LogP contribution is -2.47. The molecule has 0 radical (unpaired) electrons. The normalized spacial score (nSPS) is 23.5. The smallest absolute Gasteiger partial charge is 0.237 e. The number of benzene rings is 2. The molecular weight excluding hydrogens is 578 g/mol. The van der Waals surface area contributed by atoms with Crippen LogP contribution in [0, 0.1) is 11.2 Å². The third-order valence-corrected chi connectivity index (χ3v) is 8.27. The molecule has 5 atom stereocenters. The number of carbonyl (C=O) groups excluding carboxylic acids is 2. The number of anilines is 1. The van der Waals surface area contributed by atoms with E-state index >= 15 is 4.39 Å². The van der Waals surface area contributed by atoms with E-state index in [1.54, 1.807) is 25.2 Å². The predicted octanol–water partition coefficient (Wildman–Crippen LogP) is 5.43. The van der Waals surface area contributed by atoms with Crippen molar-refractivity contribution in [3.8, 4) is 0 Å². The number of hydrogen-bond acceptors (Lipinski definition) is 6. The van der Waals surface area contributed by atoms with Gasteiger partial charge in [0.05, 0.1) is 22.6 Å². The molecule has 0 aliphatic carbocycles. The maximum Gasteiger partial charge on any atom is 0.237 e. The van der Waals surface area contributed by atoms with Crippen LogP contribution in [0.25, 0.3) is 0 Å². The number of hydrogen-bond donors (Lipinski definition) is 5. The van der Waals surface area contributed by atoms with Crippen molar-refractivity contribution in [2.75, 3.05) is 25.5 Å². The molecule has 1 aliphatic rings. The SMILES string of the molecule is CNc1cc(Cl)c(F)cc1C1(C=O)C(CC(C)(C)C)NC(C(=O)NCCC(O)CNC(C)(C)C)C1c1cccc(Cl)c1. The third-order valence-electron chi connectivity index (χ3n) is 7.75. The fourth-order valence-corrected chi connectivity index (χ4v) is 6.23. The molecule has 1 fully saturated rings. The summed E-state index contributed by atoms with van der Waals surface area (Å²) in [5.41, 5.74) is -0.171. The zero-order chi connectivity index (χ0) is 31.5. The molecule has 5 unspecified atom stereocenters. The van der Waals surface area contributed by atoms with Crippen LogP contribution in [0.3, 0.4) is 0 Å². The molecule has 0 saturated carbocycles. The van der Waals surface area contributed by atoms with Crippen molar-refractivity contribution < 1.29 is 19.1 Å². The first-order valence-corrected chi connectivity index (χ1v) is 15.1. The van der Waals surface area contributed by atoms with E-state index < -0.39 is 35.3 Å². The Balaban J connectivity index is 2.10. The highest BCUT2D eigenvalue weighted by atomic mass is 35.5. The van der Waals surface area contributed by atoms with Crippen LogP contribution < -0.4 is 21.3 Å². The molecule has 3 rings (SSSR count). The minimum absolute atomic E-state index is 0.0735. The van der Waals surface area contributed by atoms with E-state index in [2.05, 4.69) is 42.0 Å². The highest BCUT2D eigenvalue weighted by Gasteiger charge is 2.60. The van der Waals surface area contributed by atoms with Crippen molar-refractivity contribution in [1.82, 2.24) is 16.0 Å². The Morgan fingerprint density at radius 1 is 1.17 bits per heavy atom. The Kier molecular flexibility index (Phi) is 11.1. The molecule has 42 heavy (non-hydrogen) atoms. The fourth-order valence-electron chi connectivity index (χ4n) is 5.86. The van der Waals surface area contributed by atoms with Crippen molar-refractivity contribution in [1.29, 1.82) is 0 Å². The van der Waals surface area contributed by atoms with E-state index in [-0.39, 0.29) is 28.4 Å². The van der Waals surface area contributed by atoms with Gasteiger partial charge in [-0.05, 0) is 74.4 Å². The van der Waals surface area contributed by atoms with Gasteiger partial charge in [0.2, 0.25) is 5.91 Å². The molecule has 0 aromatic heterocycles. The van der Waals surface area contributed by atoms with E-state index in [1.165, 1.54) is 12.1 Å². The molecule has 1 heterocycles. The van der Waals surface area contributed by atoms with Gasteiger partial charge in [0, 0.05) is 48.3 Å². The van der Waals surface area contributed by atoms with Crippen LogP contribution in [0.4, 0.5) is 10.1 Å². The Hall–Kier alpha value is -2.23. The number of amides is 1. The lowest BCUT2D eigenvalue weighted by atomic mass is 9.62. The second-order valence-corrected chi connectivity index (χ2v) is 14.3. The second kappa shape index (κ2) is 13.6. The number of β-amino-alcohol motifs (C(OH)–C–C–N with tert-alkyl or cyclic N) is 1. The van der Waals surface area contributed by atoms with E-state index in [9.17, 15) is 14.7 Å². The molecule has 0 spiro atoms. The minimum Gasteiger partial charge on any atom is -0.392 e. The average molecular weight is 624 g/mol. The molecule has 232 valence electrons. The largest absolute Gasteiger partial charge is 0.392 e. The van der Waals surface area contributed by atoms with Crippen LogP contribution in [0.15, 0.2) is 36.4 Å². The lowest BCUT2D eigenvalue weighted by molar-refractivity contribution is -0.123. The molecule has 7 nitrogen and oxygen atoms in total. The summed E-state index contributed by atoms with van der Waals surface area (Å²) in [7, 11) is 1.69. The number of aldehydes is 1. The Labute approximate surface area is 259 Å².